The van der Waals surface area contributed by atoms with Crippen molar-refractivity contribution < 1.29 is 4.79 Å². The molecule has 0 aliphatic carbocycles. The first kappa shape index (κ1) is 15.5. The highest BCUT2D eigenvalue weighted by atomic mass is 79.9. The summed E-state index contributed by atoms with van der Waals surface area (Å²) in [6, 6.07) is 8.13. The summed E-state index contributed by atoms with van der Waals surface area (Å²) >= 11 is 3.46. The minimum atomic E-state index is 0.246. The highest BCUT2D eigenvalue weighted by molar-refractivity contribution is 9.10. The molecule has 1 aliphatic rings. The van der Waals surface area contributed by atoms with Crippen LogP contribution in [-0.2, 0) is 11.3 Å². The number of hydrogen-bond donors (Lipinski definition) is 1. The lowest BCUT2D eigenvalue weighted by molar-refractivity contribution is -0.130. The number of nitrogens with zero attached hydrogens (tertiary/aromatic N) is 1. The first-order valence-corrected chi connectivity index (χ1v) is 8.13. The fourth-order valence-corrected chi connectivity index (χ4v) is 3.13. The van der Waals surface area contributed by atoms with Crippen LogP contribution in [-0.4, -0.2) is 30.9 Å². The SMILES string of the molecule is CN(Cc1cccc(Br)c1)C(=O)CCC1CCCNC1. The Balaban J connectivity index is 1.76. The molecule has 110 valence electrons. The number of carbonyl (C=O) groups excluding carboxylic acids is 1. The fourth-order valence-electron chi connectivity index (χ4n) is 2.69. The van der Waals surface area contributed by atoms with Gasteiger partial charge >= 0.3 is 0 Å². The Morgan fingerprint density at radius 2 is 2.35 bits per heavy atom. The second kappa shape index (κ2) is 7.79. The molecule has 2 rings (SSSR count). The van der Waals surface area contributed by atoms with Crippen LogP contribution in [0, 0.1) is 5.92 Å². The highest BCUT2D eigenvalue weighted by Gasteiger charge is 2.16. The fraction of sp³-hybridized carbons (Fsp3) is 0.562. The van der Waals surface area contributed by atoms with E-state index in [1.807, 2.05) is 24.1 Å². The Morgan fingerprint density at radius 1 is 1.50 bits per heavy atom. The van der Waals surface area contributed by atoms with Crippen LogP contribution in [0.3, 0.4) is 0 Å². The lowest BCUT2D eigenvalue weighted by Crippen LogP contribution is -2.31. The Labute approximate surface area is 129 Å². The van der Waals surface area contributed by atoms with Crippen molar-refractivity contribution in [2.45, 2.75) is 32.2 Å². The quantitative estimate of drug-likeness (QED) is 0.894. The van der Waals surface area contributed by atoms with E-state index in [4.69, 9.17) is 0 Å². The van der Waals surface area contributed by atoms with Crippen molar-refractivity contribution in [3.8, 4) is 0 Å². The van der Waals surface area contributed by atoms with E-state index in [0.29, 0.717) is 18.9 Å². The van der Waals surface area contributed by atoms with Crippen molar-refractivity contribution in [3.05, 3.63) is 34.3 Å². The molecule has 1 aromatic rings. The summed E-state index contributed by atoms with van der Waals surface area (Å²) in [6.07, 6.45) is 4.17. The van der Waals surface area contributed by atoms with E-state index in [2.05, 4.69) is 33.4 Å². The number of piperidine rings is 1. The van der Waals surface area contributed by atoms with Gasteiger partial charge < -0.3 is 10.2 Å². The smallest absolute Gasteiger partial charge is 0.222 e. The number of halogens is 1. The van der Waals surface area contributed by atoms with Gasteiger partial charge in [-0.15, -0.1) is 0 Å². The molecule has 1 saturated heterocycles. The Hall–Kier alpha value is -0.870. The average Bonchev–Trinajstić information content (AvgIpc) is 2.46. The molecule has 1 fully saturated rings. The Kier molecular flexibility index (Phi) is 6.05. The molecular formula is C16H23BrN2O. The highest BCUT2D eigenvalue weighted by Crippen LogP contribution is 2.17. The standard InChI is InChI=1S/C16H23BrN2O/c1-19(12-14-4-2-6-15(17)10-14)16(20)8-7-13-5-3-9-18-11-13/h2,4,6,10,13,18H,3,5,7-9,11-12H2,1H3. The number of amides is 1. The lowest BCUT2D eigenvalue weighted by Gasteiger charge is -2.24. The zero-order valence-corrected chi connectivity index (χ0v) is 13.7. The largest absolute Gasteiger partial charge is 0.341 e. The summed E-state index contributed by atoms with van der Waals surface area (Å²) in [5.41, 5.74) is 1.16. The molecule has 4 heteroatoms. The molecule has 1 N–H and O–H groups in total. The number of carbonyl (C=O) groups is 1. The summed E-state index contributed by atoms with van der Waals surface area (Å²) in [6.45, 7) is 2.89. The van der Waals surface area contributed by atoms with Crippen molar-refractivity contribution in [3.63, 3.8) is 0 Å². The second-order valence-electron chi connectivity index (χ2n) is 5.63. The zero-order valence-electron chi connectivity index (χ0n) is 12.1. The van der Waals surface area contributed by atoms with E-state index in [0.717, 1.165) is 29.5 Å². The predicted molar refractivity (Wildman–Crippen MR) is 85.4 cm³/mol. The molecule has 1 atom stereocenters. The van der Waals surface area contributed by atoms with E-state index < -0.39 is 0 Å². The minimum absolute atomic E-state index is 0.246. The molecule has 1 heterocycles. The monoisotopic (exact) mass is 338 g/mol. The van der Waals surface area contributed by atoms with Crippen LogP contribution < -0.4 is 5.32 Å². The molecule has 1 amide bonds. The molecule has 0 radical (unpaired) electrons. The van der Waals surface area contributed by atoms with E-state index >= 15 is 0 Å². The van der Waals surface area contributed by atoms with Crippen molar-refractivity contribution in [1.29, 1.82) is 0 Å². The summed E-state index contributed by atoms with van der Waals surface area (Å²) in [5.74, 6) is 0.919. The summed E-state index contributed by atoms with van der Waals surface area (Å²) in [7, 11) is 1.89. The maximum Gasteiger partial charge on any atom is 0.222 e. The van der Waals surface area contributed by atoms with Gasteiger partial charge in [-0.2, -0.15) is 0 Å². The zero-order chi connectivity index (χ0) is 14.4. The number of hydrogen-bond acceptors (Lipinski definition) is 2. The van der Waals surface area contributed by atoms with Gasteiger partial charge in [-0.05, 0) is 56.0 Å². The molecule has 0 saturated carbocycles. The van der Waals surface area contributed by atoms with Crippen molar-refractivity contribution in [2.75, 3.05) is 20.1 Å². The maximum atomic E-state index is 12.2. The van der Waals surface area contributed by atoms with Crippen LogP contribution in [0.4, 0.5) is 0 Å². The van der Waals surface area contributed by atoms with Gasteiger partial charge in [-0.1, -0.05) is 28.1 Å². The third-order valence-corrected chi connectivity index (χ3v) is 4.39. The van der Waals surface area contributed by atoms with Gasteiger partial charge in [0.25, 0.3) is 0 Å². The summed E-state index contributed by atoms with van der Waals surface area (Å²) < 4.78 is 1.06. The summed E-state index contributed by atoms with van der Waals surface area (Å²) in [4.78, 5) is 14.0. The van der Waals surface area contributed by atoms with Crippen LogP contribution in [0.2, 0.25) is 0 Å². The van der Waals surface area contributed by atoms with Crippen LogP contribution in [0.15, 0.2) is 28.7 Å². The first-order valence-electron chi connectivity index (χ1n) is 7.34. The molecule has 3 nitrogen and oxygen atoms in total. The number of rotatable bonds is 5. The van der Waals surface area contributed by atoms with Crippen molar-refractivity contribution in [1.82, 2.24) is 10.2 Å². The van der Waals surface area contributed by atoms with Gasteiger partial charge in [0.2, 0.25) is 5.91 Å². The van der Waals surface area contributed by atoms with E-state index in [1.165, 1.54) is 12.8 Å². The third-order valence-electron chi connectivity index (χ3n) is 3.90. The van der Waals surface area contributed by atoms with E-state index in [-0.39, 0.29) is 5.91 Å². The molecular weight excluding hydrogens is 316 g/mol. The summed E-state index contributed by atoms with van der Waals surface area (Å²) in [5, 5.41) is 3.40. The average molecular weight is 339 g/mol. The third kappa shape index (κ3) is 4.91. The Morgan fingerprint density at radius 3 is 3.05 bits per heavy atom. The van der Waals surface area contributed by atoms with Crippen LogP contribution >= 0.6 is 15.9 Å². The van der Waals surface area contributed by atoms with Gasteiger partial charge in [0.05, 0.1) is 0 Å². The van der Waals surface area contributed by atoms with Crippen molar-refractivity contribution >= 4 is 21.8 Å². The predicted octanol–water partition coefficient (Wildman–Crippen LogP) is 3.19. The Bertz CT molecular complexity index is 444. The maximum absolute atomic E-state index is 12.2. The molecule has 0 spiro atoms. The van der Waals surface area contributed by atoms with Gasteiger partial charge in [-0.3, -0.25) is 4.79 Å². The molecule has 1 aromatic carbocycles. The van der Waals surface area contributed by atoms with Gasteiger partial charge in [-0.25, -0.2) is 0 Å². The molecule has 1 unspecified atom stereocenters. The topological polar surface area (TPSA) is 32.3 Å². The van der Waals surface area contributed by atoms with Crippen LogP contribution in [0.5, 0.6) is 0 Å². The normalized spacial score (nSPS) is 18.8. The van der Waals surface area contributed by atoms with Gasteiger partial charge in [0.1, 0.15) is 0 Å². The number of nitrogens with one attached hydrogen (secondary N) is 1. The van der Waals surface area contributed by atoms with E-state index in [9.17, 15) is 4.79 Å². The minimum Gasteiger partial charge on any atom is -0.341 e. The molecule has 20 heavy (non-hydrogen) atoms. The van der Waals surface area contributed by atoms with Crippen molar-refractivity contribution in [2.24, 2.45) is 5.92 Å². The molecule has 1 aliphatic heterocycles. The number of benzene rings is 1. The first-order chi connectivity index (χ1) is 9.65. The molecule has 0 bridgehead atoms. The lowest BCUT2D eigenvalue weighted by atomic mass is 9.94. The van der Waals surface area contributed by atoms with E-state index in [1.54, 1.807) is 0 Å². The van der Waals surface area contributed by atoms with Gasteiger partial charge in [0, 0.05) is 24.5 Å². The molecule has 0 aromatic heterocycles. The van der Waals surface area contributed by atoms with Crippen LogP contribution in [0.1, 0.15) is 31.2 Å². The second-order valence-corrected chi connectivity index (χ2v) is 6.55. The van der Waals surface area contributed by atoms with Gasteiger partial charge in [0.15, 0.2) is 0 Å². The van der Waals surface area contributed by atoms with Crippen LogP contribution in [0.25, 0.3) is 0 Å².